The molecule has 2 bridgehead atoms. The number of methoxy groups -OCH3 is 1. The molecule has 0 aromatic heterocycles. The molecule has 4 heteroatoms. The van der Waals surface area contributed by atoms with Crippen molar-refractivity contribution in [2.45, 2.75) is 24.9 Å². The van der Waals surface area contributed by atoms with Crippen LogP contribution >= 0.6 is 0 Å². The quantitative estimate of drug-likeness (QED) is 0.783. The Kier molecular flexibility index (Phi) is 2.82. The van der Waals surface area contributed by atoms with Gasteiger partial charge in [0.15, 0.2) is 0 Å². The van der Waals surface area contributed by atoms with E-state index >= 15 is 0 Å². The molecule has 3 rings (SSSR count). The molecule has 2 heterocycles. The van der Waals surface area contributed by atoms with Gasteiger partial charge in [-0.2, -0.15) is 0 Å². The minimum Gasteiger partial charge on any atom is -0.512 e. The van der Waals surface area contributed by atoms with Crippen molar-refractivity contribution in [1.82, 2.24) is 4.90 Å². The number of carbonyl (C=O) groups excluding carboxylic acids is 1. The lowest BCUT2D eigenvalue weighted by molar-refractivity contribution is -0.137. The van der Waals surface area contributed by atoms with E-state index < -0.39 is 5.97 Å². The number of likely N-dealkylation sites (N-methyl/N-ethyl adjacent to an activating group) is 1. The number of carbonyl (C=O) groups is 1. The predicted molar refractivity (Wildman–Crippen MR) is 70.7 cm³/mol. The van der Waals surface area contributed by atoms with Crippen LogP contribution in [0.3, 0.4) is 0 Å². The molecule has 1 aromatic carbocycles. The van der Waals surface area contributed by atoms with Crippen molar-refractivity contribution in [3.05, 3.63) is 46.7 Å². The summed E-state index contributed by atoms with van der Waals surface area (Å²) in [5.41, 5.74) is 2.91. The van der Waals surface area contributed by atoms with Crippen molar-refractivity contribution in [1.29, 1.82) is 0 Å². The van der Waals surface area contributed by atoms with E-state index in [1.54, 1.807) is 0 Å². The van der Waals surface area contributed by atoms with Crippen molar-refractivity contribution < 1.29 is 14.6 Å². The second-order valence-corrected chi connectivity index (χ2v) is 5.16. The lowest BCUT2D eigenvalue weighted by atomic mass is 9.79. The maximum absolute atomic E-state index is 11.9. The highest BCUT2D eigenvalue weighted by molar-refractivity contribution is 5.90. The summed E-state index contributed by atoms with van der Waals surface area (Å²) in [5, 5.41) is 10.2. The van der Waals surface area contributed by atoms with E-state index in [4.69, 9.17) is 4.74 Å². The topological polar surface area (TPSA) is 49.8 Å². The largest absolute Gasteiger partial charge is 0.512 e. The Bertz CT molecular complexity index is 564. The zero-order valence-corrected chi connectivity index (χ0v) is 11.1. The number of ether oxygens (including phenoxy) is 1. The molecule has 0 saturated carbocycles. The van der Waals surface area contributed by atoms with Crippen LogP contribution in [0.4, 0.5) is 0 Å². The molecule has 1 unspecified atom stereocenters. The van der Waals surface area contributed by atoms with E-state index in [1.807, 2.05) is 19.2 Å². The molecular weight excluding hydrogens is 242 g/mol. The number of hydrogen-bond acceptors (Lipinski definition) is 4. The predicted octanol–water partition coefficient (Wildman–Crippen LogP) is 1.97. The zero-order valence-electron chi connectivity index (χ0n) is 11.1. The second-order valence-electron chi connectivity index (χ2n) is 5.16. The molecular formula is C15H17NO3. The van der Waals surface area contributed by atoms with Gasteiger partial charge in [-0.1, -0.05) is 24.3 Å². The summed E-state index contributed by atoms with van der Waals surface area (Å²) in [6.07, 6.45) is 1.20. The fraction of sp³-hybridized carbons (Fsp3) is 0.400. The fourth-order valence-corrected chi connectivity index (χ4v) is 3.24. The van der Waals surface area contributed by atoms with Crippen LogP contribution in [-0.4, -0.2) is 36.2 Å². The second kappa shape index (κ2) is 4.38. The Hall–Kier alpha value is -1.81. The SMILES string of the molecule is COC(=O)C1=C(O)C[C@H]2c3ccccc3CC1N2C. The average Bonchev–Trinajstić information content (AvgIpc) is 2.41. The number of fused-ring (bicyclic) bond motifs is 4. The molecule has 19 heavy (non-hydrogen) atoms. The highest BCUT2D eigenvalue weighted by atomic mass is 16.5. The number of benzene rings is 1. The van der Waals surface area contributed by atoms with E-state index in [-0.39, 0.29) is 17.8 Å². The summed E-state index contributed by atoms with van der Waals surface area (Å²) < 4.78 is 4.80. The minimum absolute atomic E-state index is 0.0962. The molecule has 2 aliphatic heterocycles. The molecule has 0 amide bonds. The molecule has 2 aliphatic rings. The highest BCUT2D eigenvalue weighted by Crippen LogP contribution is 2.42. The van der Waals surface area contributed by atoms with E-state index in [1.165, 1.54) is 18.2 Å². The molecule has 1 N–H and O–H groups in total. The Morgan fingerprint density at radius 3 is 2.79 bits per heavy atom. The maximum Gasteiger partial charge on any atom is 0.338 e. The first-order valence-corrected chi connectivity index (χ1v) is 6.43. The van der Waals surface area contributed by atoms with Gasteiger partial charge in [0.2, 0.25) is 0 Å². The van der Waals surface area contributed by atoms with Gasteiger partial charge < -0.3 is 9.84 Å². The summed E-state index contributed by atoms with van der Waals surface area (Å²) in [6.45, 7) is 0. The first-order chi connectivity index (χ1) is 9.13. The molecule has 0 spiro atoms. The maximum atomic E-state index is 11.9. The number of aliphatic hydroxyl groups excluding tert-OH is 1. The van der Waals surface area contributed by atoms with Crippen LogP contribution in [0.2, 0.25) is 0 Å². The summed E-state index contributed by atoms with van der Waals surface area (Å²) in [5.74, 6) is -0.248. The van der Waals surface area contributed by atoms with Crippen molar-refractivity contribution in [3.63, 3.8) is 0 Å². The van der Waals surface area contributed by atoms with Gasteiger partial charge in [0.05, 0.1) is 12.7 Å². The Morgan fingerprint density at radius 2 is 2.05 bits per heavy atom. The first-order valence-electron chi connectivity index (χ1n) is 6.43. The summed E-state index contributed by atoms with van der Waals surface area (Å²) in [7, 11) is 3.35. The van der Waals surface area contributed by atoms with Crippen molar-refractivity contribution in [2.24, 2.45) is 0 Å². The Morgan fingerprint density at radius 1 is 1.32 bits per heavy atom. The number of nitrogens with zero attached hydrogens (tertiary/aromatic N) is 1. The lowest BCUT2D eigenvalue weighted by Gasteiger charge is -2.44. The molecule has 0 fully saturated rings. The van der Waals surface area contributed by atoms with Crippen LogP contribution in [0, 0.1) is 0 Å². The van der Waals surface area contributed by atoms with Gasteiger partial charge in [-0.25, -0.2) is 4.79 Å². The molecule has 0 saturated heterocycles. The average molecular weight is 259 g/mol. The van der Waals surface area contributed by atoms with Crippen molar-refractivity contribution >= 4 is 5.97 Å². The van der Waals surface area contributed by atoms with Gasteiger partial charge in [0.1, 0.15) is 5.76 Å². The normalized spacial score (nSPS) is 26.0. The molecule has 4 nitrogen and oxygen atoms in total. The molecule has 1 aromatic rings. The van der Waals surface area contributed by atoms with E-state index in [2.05, 4.69) is 17.0 Å². The Labute approximate surface area is 112 Å². The number of rotatable bonds is 1. The highest BCUT2D eigenvalue weighted by Gasteiger charge is 2.42. The Balaban J connectivity index is 2.09. The van der Waals surface area contributed by atoms with Crippen LogP contribution in [-0.2, 0) is 16.0 Å². The first kappa shape index (κ1) is 12.2. The zero-order chi connectivity index (χ0) is 13.6. The van der Waals surface area contributed by atoms with Crippen LogP contribution in [0.1, 0.15) is 23.6 Å². The van der Waals surface area contributed by atoms with Gasteiger partial charge in [-0.05, 0) is 24.6 Å². The minimum atomic E-state index is -0.424. The molecule has 0 radical (unpaired) electrons. The van der Waals surface area contributed by atoms with Crippen molar-refractivity contribution in [2.75, 3.05) is 14.2 Å². The molecule has 2 atom stereocenters. The fourth-order valence-electron chi connectivity index (χ4n) is 3.24. The lowest BCUT2D eigenvalue weighted by Crippen LogP contribution is -2.47. The summed E-state index contributed by atoms with van der Waals surface area (Å²) >= 11 is 0. The third-order valence-electron chi connectivity index (χ3n) is 4.25. The number of aliphatic hydroxyl groups is 1. The van der Waals surface area contributed by atoms with Gasteiger partial charge in [0, 0.05) is 18.5 Å². The van der Waals surface area contributed by atoms with Gasteiger partial charge in [0.25, 0.3) is 0 Å². The van der Waals surface area contributed by atoms with E-state index in [0.29, 0.717) is 12.0 Å². The van der Waals surface area contributed by atoms with Crippen LogP contribution in [0.15, 0.2) is 35.6 Å². The number of esters is 1. The smallest absolute Gasteiger partial charge is 0.338 e. The van der Waals surface area contributed by atoms with Gasteiger partial charge >= 0.3 is 5.97 Å². The van der Waals surface area contributed by atoms with Crippen LogP contribution in [0.5, 0.6) is 0 Å². The van der Waals surface area contributed by atoms with Gasteiger partial charge in [-0.3, -0.25) is 4.90 Å². The van der Waals surface area contributed by atoms with E-state index in [9.17, 15) is 9.90 Å². The van der Waals surface area contributed by atoms with Crippen molar-refractivity contribution in [3.8, 4) is 0 Å². The molecule has 0 aliphatic carbocycles. The van der Waals surface area contributed by atoms with Crippen LogP contribution in [0.25, 0.3) is 0 Å². The van der Waals surface area contributed by atoms with E-state index in [0.717, 1.165) is 6.42 Å². The summed E-state index contributed by atoms with van der Waals surface area (Å²) in [4.78, 5) is 14.0. The van der Waals surface area contributed by atoms with Gasteiger partial charge in [-0.15, -0.1) is 0 Å². The third kappa shape index (κ3) is 1.75. The molecule has 100 valence electrons. The summed E-state index contributed by atoms with van der Waals surface area (Å²) in [6, 6.07) is 8.28. The monoisotopic (exact) mass is 259 g/mol. The standard InChI is InChI=1S/C15H17NO3/c1-16-11-8-13(17)14(15(18)19-2)12(16)7-9-5-3-4-6-10(9)11/h3-6,11-12,17H,7-8H2,1-2H3/t11-,12?/m0/s1. The van der Waals surface area contributed by atoms with Crippen LogP contribution < -0.4 is 0 Å². The number of hydrogen-bond donors (Lipinski definition) is 1. The third-order valence-corrected chi connectivity index (χ3v) is 4.25.